The average Bonchev–Trinajstić information content (AvgIpc) is 3.27. The summed E-state index contributed by atoms with van der Waals surface area (Å²) < 4.78 is 6.83. The first-order valence-corrected chi connectivity index (χ1v) is 11.5. The van der Waals surface area contributed by atoms with Gasteiger partial charge in [0.15, 0.2) is 0 Å². The maximum atomic E-state index is 13.2. The number of anilines is 1. The summed E-state index contributed by atoms with van der Waals surface area (Å²) in [5.74, 6) is 1.32. The molecular weight excluding hydrogens is 444 g/mol. The number of rotatable bonds is 5. The molecule has 1 aliphatic heterocycles. The Balaban J connectivity index is 1.31. The molecule has 0 aliphatic carbocycles. The van der Waals surface area contributed by atoms with Crippen molar-refractivity contribution in [1.82, 2.24) is 24.9 Å². The molecule has 2 aromatic heterocycles. The number of H-pyrrole nitrogens is 1. The van der Waals surface area contributed by atoms with Crippen LogP contribution >= 0.6 is 0 Å². The molecule has 0 atom stereocenters. The minimum absolute atomic E-state index is 0.0947. The van der Waals surface area contributed by atoms with Crippen molar-refractivity contribution in [3.8, 4) is 22.7 Å². The number of aromatic nitrogens is 4. The average molecular weight is 471 g/mol. The molecule has 0 radical (unpaired) electrons. The highest BCUT2D eigenvalue weighted by molar-refractivity contribution is 5.93. The van der Waals surface area contributed by atoms with Crippen LogP contribution in [0.5, 0.6) is 5.75 Å². The molecule has 2 aromatic carbocycles. The number of hydrogen-bond acceptors (Lipinski definition) is 6. The molecular formula is C26H26N6O3. The van der Waals surface area contributed by atoms with Crippen LogP contribution in [0.15, 0.2) is 77.6 Å². The van der Waals surface area contributed by atoms with Crippen LogP contribution < -0.4 is 15.2 Å². The quantitative estimate of drug-likeness (QED) is 0.482. The number of para-hydroxylation sites is 2. The van der Waals surface area contributed by atoms with Gasteiger partial charge in [-0.15, -0.1) is 5.10 Å². The van der Waals surface area contributed by atoms with E-state index in [4.69, 9.17) is 4.74 Å². The van der Waals surface area contributed by atoms with Crippen LogP contribution in [0.4, 0.5) is 5.82 Å². The van der Waals surface area contributed by atoms with Gasteiger partial charge >= 0.3 is 0 Å². The first-order valence-electron chi connectivity index (χ1n) is 11.5. The van der Waals surface area contributed by atoms with Crippen LogP contribution in [0.25, 0.3) is 16.9 Å². The van der Waals surface area contributed by atoms with E-state index in [0.717, 1.165) is 24.2 Å². The Kier molecular flexibility index (Phi) is 6.30. The molecule has 9 heteroatoms. The number of hydrogen-bond donors (Lipinski definition) is 1. The number of nitrogens with one attached hydrogen (secondary N) is 1. The number of ether oxygens (including phenoxy) is 1. The van der Waals surface area contributed by atoms with Crippen LogP contribution in [-0.4, -0.2) is 64.1 Å². The van der Waals surface area contributed by atoms with Gasteiger partial charge in [0.2, 0.25) is 0 Å². The summed E-state index contributed by atoms with van der Waals surface area (Å²) in [6.07, 6.45) is 0.783. The normalized spacial score (nSPS) is 14.0. The van der Waals surface area contributed by atoms with Gasteiger partial charge in [0.1, 0.15) is 17.3 Å². The number of amides is 1. The van der Waals surface area contributed by atoms with Gasteiger partial charge in [0, 0.05) is 37.8 Å². The number of carbonyl (C=O) groups excluding carboxylic acids is 1. The molecule has 178 valence electrons. The molecule has 5 rings (SSSR count). The van der Waals surface area contributed by atoms with Crippen molar-refractivity contribution in [1.29, 1.82) is 0 Å². The third-order valence-corrected chi connectivity index (χ3v) is 6.09. The Bertz CT molecular complexity index is 1380. The second-order valence-corrected chi connectivity index (χ2v) is 8.28. The van der Waals surface area contributed by atoms with E-state index in [1.807, 2.05) is 59.5 Å². The molecule has 3 heterocycles. The molecule has 0 unspecified atom stereocenters. The standard InChI is InChI=1S/C26H26N6O3/c1-35-23-11-6-5-10-20(23)21-18-22(28-27-21)26(34)31-15-7-14-30(16-17-31)24-12-13-25(33)32(29-24)19-8-3-2-4-9-19/h2-6,8-13,18H,7,14-17H2,1H3,(H,27,28). The van der Waals surface area contributed by atoms with Gasteiger partial charge in [0.05, 0.1) is 18.5 Å². The van der Waals surface area contributed by atoms with Gasteiger partial charge < -0.3 is 14.5 Å². The predicted molar refractivity (Wildman–Crippen MR) is 133 cm³/mol. The fraction of sp³-hybridized carbons (Fsp3) is 0.231. The topological polar surface area (TPSA) is 96.4 Å². The zero-order valence-electron chi connectivity index (χ0n) is 19.4. The molecule has 9 nitrogen and oxygen atoms in total. The molecule has 1 amide bonds. The maximum Gasteiger partial charge on any atom is 0.271 e. The lowest BCUT2D eigenvalue weighted by molar-refractivity contribution is 0.0761. The SMILES string of the molecule is COc1ccccc1-c1cc(C(=O)N2CCCN(c3ccc(=O)n(-c4ccccc4)n3)CC2)[nH]n1. The van der Waals surface area contributed by atoms with Gasteiger partial charge in [-0.25, -0.2) is 0 Å². The van der Waals surface area contributed by atoms with E-state index in [0.29, 0.717) is 42.6 Å². The number of benzene rings is 2. The van der Waals surface area contributed by atoms with Gasteiger partial charge in [-0.1, -0.05) is 30.3 Å². The lowest BCUT2D eigenvalue weighted by Crippen LogP contribution is -2.36. The minimum Gasteiger partial charge on any atom is -0.496 e. The first kappa shape index (κ1) is 22.4. The number of methoxy groups -OCH3 is 1. The Hall–Kier alpha value is -4.40. The fourth-order valence-electron chi connectivity index (χ4n) is 4.27. The van der Waals surface area contributed by atoms with E-state index in [9.17, 15) is 9.59 Å². The fourth-order valence-corrected chi connectivity index (χ4v) is 4.27. The molecule has 1 fully saturated rings. The zero-order valence-corrected chi connectivity index (χ0v) is 19.4. The summed E-state index contributed by atoms with van der Waals surface area (Å²) >= 11 is 0. The van der Waals surface area contributed by atoms with Crippen LogP contribution in [-0.2, 0) is 0 Å². The molecule has 0 spiro atoms. The van der Waals surface area contributed by atoms with E-state index in [1.54, 1.807) is 19.2 Å². The van der Waals surface area contributed by atoms with Crippen molar-refractivity contribution in [3.63, 3.8) is 0 Å². The largest absolute Gasteiger partial charge is 0.496 e. The molecule has 0 bridgehead atoms. The highest BCUT2D eigenvalue weighted by atomic mass is 16.5. The predicted octanol–water partition coefficient (Wildman–Crippen LogP) is 2.98. The maximum absolute atomic E-state index is 13.2. The third kappa shape index (κ3) is 4.65. The Morgan fingerprint density at radius 2 is 1.74 bits per heavy atom. The summed E-state index contributed by atoms with van der Waals surface area (Å²) in [5.41, 5.74) is 2.46. The molecule has 1 N–H and O–H groups in total. The van der Waals surface area contributed by atoms with Gasteiger partial charge in [-0.3, -0.25) is 14.7 Å². The first-order chi connectivity index (χ1) is 17.1. The summed E-state index contributed by atoms with van der Waals surface area (Å²) in [4.78, 5) is 29.5. The van der Waals surface area contributed by atoms with E-state index in [2.05, 4.69) is 20.2 Å². The van der Waals surface area contributed by atoms with Crippen molar-refractivity contribution in [2.45, 2.75) is 6.42 Å². The van der Waals surface area contributed by atoms with Crippen molar-refractivity contribution in [2.75, 3.05) is 38.2 Å². The van der Waals surface area contributed by atoms with Crippen molar-refractivity contribution >= 4 is 11.7 Å². The van der Waals surface area contributed by atoms with E-state index in [-0.39, 0.29) is 11.5 Å². The van der Waals surface area contributed by atoms with Crippen molar-refractivity contribution in [2.24, 2.45) is 0 Å². The second-order valence-electron chi connectivity index (χ2n) is 8.28. The van der Waals surface area contributed by atoms with Crippen LogP contribution in [0.3, 0.4) is 0 Å². The minimum atomic E-state index is -0.184. The van der Waals surface area contributed by atoms with Gasteiger partial charge in [-0.05, 0) is 42.8 Å². The van der Waals surface area contributed by atoms with Crippen LogP contribution in [0.2, 0.25) is 0 Å². The number of carbonyl (C=O) groups is 1. The molecule has 1 aliphatic rings. The van der Waals surface area contributed by atoms with Crippen LogP contribution in [0.1, 0.15) is 16.9 Å². The molecule has 4 aromatic rings. The summed E-state index contributed by atoms with van der Waals surface area (Å²) in [5, 5.41) is 11.8. The number of nitrogens with zero attached hydrogens (tertiary/aromatic N) is 5. The smallest absolute Gasteiger partial charge is 0.271 e. The molecule has 35 heavy (non-hydrogen) atoms. The Morgan fingerprint density at radius 3 is 2.57 bits per heavy atom. The lowest BCUT2D eigenvalue weighted by atomic mass is 10.1. The molecule has 1 saturated heterocycles. The molecule has 0 saturated carbocycles. The zero-order chi connectivity index (χ0) is 24.2. The second kappa shape index (κ2) is 9.84. The van der Waals surface area contributed by atoms with Crippen molar-refractivity contribution < 1.29 is 9.53 Å². The Labute approximate surface area is 202 Å². The van der Waals surface area contributed by atoms with E-state index >= 15 is 0 Å². The summed E-state index contributed by atoms with van der Waals surface area (Å²) in [6.45, 7) is 2.50. The van der Waals surface area contributed by atoms with E-state index in [1.165, 1.54) is 10.7 Å². The van der Waals surface area contributed by atoms with Crippen molar-refractivity contribution in [3.05, 3.63) is 88.8 Å². The summed E-state index contributed by atoms with van der Waals surface area (Å²) in [6, 6.07) is 22.0. The third-order valence-electron chi connectivity index (χ3n) is 6.09. The van der Waals surface area contributed by atoms with Gasteiger partial charge in [-0.2, -0.15) is 9.78 Å². The van der Waals surface area contributed by atoms with Crippen LogP contribution in [0, 0.1) is 0 Å². The summed E-state index contributed by atoms with van der Waals surface area (Å²) in [7, 11) is 1.61. The highest BCUT2D eigenvalue weighted by Crippen LogP contribution is 2.28. The highest BCUT2D eigenvalue weighted by Gasteiger charge is 2.23. The van der Waals surface area contributed by atoms with Gasteiger partial charge in [0.25, 0.3) is 11.5 Å². The number of aromatic amines is 1. The lowest BCUT2D eigenvalue weighted by Gasteiger charge is -2.23. The monoisotopic (exact) mass is 470 g/mol. The van der Waals surface area contributed by atoms with E-state index < -0.39 is 0 Å². The Morgan fingerprint density at radius 1 is 0.943 bits per heavy atom.